The average molecular weight is 428 g/mol. The third-order valence-corrected chi connectivity index (χ3v) is 3.43. The number of nitrogens with one attached hydrogen (secondary N) is 2. The number of aliphatic imine (C=N–C) groups is 1. The first kappa shape index (κ1) is 24.2. The Bertz CT molecular complexity index is 271. The molecule has 0 aliphatic rings. The van der Waals surface area contributed by atoms with Crippen LogP contribution in [0.4, 0.5) is 0 Å². The zero-order chi connectivity index (χ0) is 16.1. The van der Waals surface area contributed by atoms with Crippen molar-refractivity contribution in [3.63, 3.8) is 0 Å². The second-order valence-electron chi connectivity index (χ2n) is 5.77. The van der Waals surface area contributed by atoms with Crippen molar-refractivity contribution in [2.24, 2.45) is 10.9 Å². The third kappa shape index (κ3) is 12.5. The van der Waals surface area contributed by atoms with E-state index < -0.39 is 0 Å². The summed E-state index contributed by atoms with van der Waals surface area (Å²) >= 11 is 0. The highest BCUT2D eigenvalue weighted by Crippen LogP contribution is 1.96. The van der Waals surface area contributed by atoms with E-state index in [2.05, 4.69) is 55.1 Å². The van der Waals surface area contributed by atoms with E-state index in [-0.39, 0.29) is 24.0 Å². The molecule has 0 aliphatic heterocycles. The lowest BCUT2D eigenvalue weighted by atomic mass is 10.2. The first-order valence-electron chi connectivity index (χ1n) is 8.31. The van der Waals surface area contributed by atoms with Gasteiger partial charge in [0, 0.05) is 39.4 Å². The number of rotatable bonds is 11. The molecule has 0 radical (unpaired) electrons. The van der Waals surface area contributed by atoms with Crippen LogP contribution in [0.15, 0.2) is 4.99 Å². The molecule has 2 N–H and O–H groups in total. The molecule has 0 aromatic heterocycles. The Morgan fingerprint density at radius 3 is 2.27 bits per heavy atom. The van der Waals surface area contributed by atoms with Crippen LogP contribution in [0.2, 0.25) is 0 Å². The van der Waals surface area contributed by atoms with Crippen LogP contribution in [-0.4, -0.2) is 63.3 Å². The minimum atomic E-state index is 0. The van der Waals surface area contributed by atoms with Crippen molar-refractivity contribution >= 4 is 29.9 Å². The number of ether oxygens (including phenoxy) is 1. The molecule has 0 spiro atoms. The Balaban J connectivity index is 0. The van der Waals surface area contributed by atoms with Crippen molar-refractivity contribution < 1.29 is 4.74 Å². The molecular formula is C16H37IN4O. The maximum atomic E-state index is 5.56. The van der Waals surface area contributed by atoms with Crippen LogP contribution in [0.3, 0.4) is 0 Å². The molecular weight excluding hydrogens is 391 g/mol. The normalized spacial score (nSPS) is 13.2. The van der Waals surface area contributed by atoms with Crippen molar-refractivity contribution in [2.45, 2.75) is 47.1 Å². The van der Waals surface area contributed by atoms with Crippen LogP contribution in [-0.2, 0) is 4.74 Å². The van der Waals surface area contributed by atoms with Gasteiger partial charge in [-0.1, -0.05) is 27.7 Å². The summed E-state index contributed by atoms with van der Waals surface area (Å²) in [5.74, 6) is 1.48. The minimum absolute atomic E-state index is 0. The quantitative estimate of drug-likeness (QED) is 0.230. The molecule has 6 heteroatoms. The van der Waals surface area contributed by atoms with E-state index in [1.165, 1.54) is 0 Å². The third-order valence-electron chi connectivity index (χ3n) is 3.43. The molecule has 1 atom stereocenters. The molecule has 0 fully saturated rings. The fourth-order valence-corrected chi connectivity index (χ4v) is 2.14. The van der Waals surface area contributed by atoms with Crippen molar-refractivity contribution in [2.75, 3.05) is 46.4 Å². The Morgan fingerprint density at radius 2 is 1.77 bits per heavy atom. The number of halogens is 1. The van der Waals surface area contributed by atoms with E-state index in [4.69, 9.17) is 4.74 Å². The van der Waals surface area contributed by atoms with Crippen molar-refractivity contribution in [1.29, 1.82) is 0 Å². The van der Waals surface area contributed by atoms with Gasteiger partial charge < -0.3 is 15.4 Å². The first-order chi connectivity index (χ1) is 10.0. The summed E-state index contributed by atoms with van der Waals surface area (Å²) in [5, 5.41) is 6.71. The standard InChI is InChI=1S/C16H36N4O.HI/c1-7-20(8-2)15(5)12-19-16(17-6)18-10-9-11-21-13-14(3)4;/h14-15H,7-13H2,1-6H3,(H2,17,18,19);1H. The highest BCUT2D eigenvalue weighted by atomic mass is 127. The van der Waals surface area contributed by atoms with Gasteiger partial charge in [-0.05, 0) is 32.4 Å². The summed E-state index contributed by atoms with van der Waals surface area (Å²) in [6, 6.07) is 0.507. The Kier molecular flexibility index (Phi) is 17.4. The lowest BCUT2D eigenvalue weighted by Gasteiger charge is -2.27. The van der Waals surface area contributed by atoms with E-state index in [0.29, 0.717) is 12.0 Å². The molecule has 0 saturated carbocycles. The van der Waals surface area contributed by atoms with Crippen molar-refractivity contribution in [1.82, 2.24) is 15.5 Å². The van der Waals surface area contributed by atoms with Crippen LogP contribution in [0, 0.1) is 5.92 Å². The number of likely N-dealkylation sites (N-methyl/N-ethyl adjacent to an activating group) is 1. The largest absolute Gasteiger partial charge is 0.381 e. The fraction of sp³-hybridized carbons (Fsp3) is 0.938. The van der Waals surface area contributed by atoms with Gasteiger partial charge in [-0.15, -0.1) is 24.0 Å². The molecule has 0 aliphatic carbocycles. The zero-order valence-corrected chi connectivity index (χ0v) is 17.6. The summed E-state index contributed by atoms with van der Waals surface area (Å²) in [6.45, 7) is 16.6. The van der Waals surface area contributed by atoms with Crippen molar-refractivity contribution in [3.05, 3.63) is 0 Å². The van der Waals surface area contributed by atoms with Crippen LogP contribution in [0.1, 0.15) is 41.0 Å². The lowest BCUT2D eigenvalue weighted by Crippen LogP contribution is -2.46. The predicted octanol–water partition coefficient (Wildman–Crippen LogP) is 2.56. The second kappa shape index (κ2) is 15.8. The molecule has 22 heavy (non-hydrogen) atoms. The van der Waals surface area contributed by atoms with Gasteiger partial charge in [0.05, 0.1) is 0 Å². The topological polar surface area (TPSA) is 48.9 Å². The summed E-state index contributed by atoms with van der Waals surface area (Å²) in [4.78, 5) is 6.68. The number of nitrogens with zero attached hydrogens (tertiary/aromatic N) is 2. The van der Waals surface area contributed by atoms with Gasteiger partial charge in [-0.25, -0.2) is 0 Å². The fourth-order valence-electron chi connectivity index (χ4n) is 2.14. The maximum absolute atomic E-state index is 5.56. The molecule has 0 saturated heterocycles. The molecule has 0 bridgehead atoms. The molecule has 0 aromatic carbocycles. The van der Waals surface area contributed by atoms with Gasteiger partial charge in [0.2, 0.25) is 0 Å². The molecule has 0 heterocycles. The van der Waals surface area contributed by atoms with E-state index in [0.717, 1.165) is 51.8 Å². The van der Waals surface area contributed by atoms with Gasteiger partial charge in [-0.3, -0.25) is 9.89 Å². The Hall–Kier alpha value is -0.0800. The highest BCUT2D eigenvalue weighted by Gasteiger charge is 2.10. The van der Waals surface area contributed by atoms with Gasteiger partial charge in [0.15, 0.2) is 5.96 Å². The molecule has 0 aromatic rings. The summed E-state index contributed by atoms with van der Waals surface area (Å²) in [7, 11) is 1.81. The minimum Gasteiger partial charge on any atom is -0.381 e. The first-order valence-corrected chi connectivity index (χ1v) is 8.31. The zero-order valence-electron chi connectivity index (χ0n) is 15.3. The van der Waals surface area contributed by atoms with E-state index in [9.17, 15) is 0 Å². The summed E-state index contributed by atoms with van der Waals surface area (Å²) in [5.41, 5.74) is 0. The summed E-state index contributed by atoms with van der Waals surface area (Å²) in [6.07, 6.45) is 0.999. The van der Waals surface area contributed by atoms with Crippen LogP contribution in [0.25, 0.3) is 0 Å². The van der Waals surface area contributed by atoms with E-state index in [1.54, 1.807) is 0 Å². The average Bonchev–Trinajstić information content (AvgIpc) is 2.46. The SMILES string of the molecule is CCN(CC)C(C)CNC(=NC)NCCCOCC(C)C.I. The van der Waals surface area contributed by atoms with E-state index >= 15 is 0 Å². The smallest absolute Gasteiger partial charge is 0.191 e. The van der Waals surface area contributed by atoms with Gasteiger partial charge in [0.1, 0.15) is 0 Å². The number of hydrogen-bond donors (Lipinski definition) is 2. The molecule has 0 amide bonds. The monoisotopic (exact) mass is 428 g/mol. The van der Waals surface area contributed by atoms with Gasteiger partial charge >= 0.3 is 0 Å². The molecule has 0 rings (SSSR count). The van der Waals surface area contributed by atoms with Gasteiger partial charge in [-0.2, -0.15) is 0 Å². The number of hydrogen-bond acceptors (Lipinski definition) is 3. The maximum Gasteiger partial charge on any atom is 0.191 e. The Morgan fingerprint density at radius 1 is 1.14 bits per heavy atom. The number of guanidine groups is 1. The molecule has 5 nitrogen and oxygen atoms in total. The lowest BCUT2D eigenvalue weighted by molar-refractivity contribution is 0.108. The molecule has 1 unspecified atom stereocenters. The summed E-state index contributed by atoms with van der Waals surface area (Å²) < 4.78 is 5.56. The van der Waals surface area contributed by atoms with E-state index in [1.807, 2.05) is 7.05 Å². The van der Waals surface area contributed by atoms with Crippen LogP contribution < -0.4 is 10.6 Å². The van der Waals surface area contributed by atoms with Crippen molar-refractivity contribution in [3.8, 4) is 0 Å². The molecule has 134 valence electrons. The van der Waals surface area contributed by atoms with Crippen LogP contribution in [0.5, 0.6) is 0 Å². The predicted molar refractivity (Wildman–Crippen MR) is 107 cm³/mol. The highest BCUT2D eigenvalue weighted by molar-refractivity contribution is 14.0. The van der Waals surface area contributed by atoms with Crippen LogP contribution >= 0.6 is 24.0 Å². The Labute approximate surface area is 154 Å². The second-order valence-corrected chi connectivity index (χ2v) is 5.77. The van der Waals surface area contributed by atoms with Gasteiger partial charge in [0.25, 0.3) is 0 Å².